The average Bonchev–Trinajstić information content (AvgIpc) is 2.22. The maximum atomic E-state index is 11.8. The van der Waals surface area contributed by atoms with Crippen molar-refractivity contribution in [2.24, 2.45) is 0 Å². The summed E-state index contributed by atoms with van der Waals surface area (Å²) in [5.74, 6) is -1.01. The smallest absolute Gasteiger partial charge is 0.338 e. The maximum Gasteiger partial charge on any atom is 0.338 e. The predicted molar refractivity (Wildman–Crippen MR) is 79.3 cm³/mol. The molecular formula is C14H20N2O3S. The lowest BCUT2D eigenvalue weighted by Gasteiger charge is -2.20. The molecule has 0 bridgehead atoms. The molecule has 0 aromatic carbocycles. The third-order valence-electron chi connectivity index (χ3n) is 2.38. The van der Waals surface area contributed by atoms with E-state index >= 15 is 0 Å². The zero-order chi connectivity index (χ0) is 15.5. The highest BCUT2D eigenvalue weighted by Gasteiger charge is 2.19. The Bertz CT molecular complexity index is 536. The Labute approximate surface area is 123 Å². The Morgan fingerprint density at radius 2 is 1.95 bits per heavy atom. The van der Waals surface area contributed by atoms with Crippen LogP contribution < -0.4 is 5.32 Å². The van der Waals surface area contributed by atoms with Crippen molar-refractivity contribution >= 4 is 23.6 Å². The monoisotopic (exact) mass is 296 g/mol. The summed E-state index contributed by atoms with van der Waals surface area (Å²) >= 11 is 1.15. The van der Waals surface area contributed by atoms with Gasteiger partial charge in [0.05, 0.1) is 11.3 Å². The number of aromatic carboxylic acids is 1. The van der Waals surface area contributed by atoms with Crippen LogP contribution in [0.25, 0.3) is 0 Å². The van der Waals surface area contributed by atoms with E-state index in [-0.39, 0.29) is 22.8 Å². The van der Waals surface area contributed by atoms with Gasteiger partial charge in [-0.2, -0.15) is 0 Å². The molecule has 110 valence electrons. The molecule has 0 radical (unpaired) electrons. The first-order valence-corrected chi connectivity index (χ1v) is 7.24. The Kier molecular flexibility index (Phi) is 5.16. The summed E-state index contributed by atoms with van der Waals surface area (Å²) in [6, 6.07) is 1.72. The van der Waals surface area contributed by atoms with Gasteiger partial charge in [-0.3, -0.25) is 4.79 Å². The highest BCUT2D eigenvalue weighted by molar-refractivity contribution is 8.00. The van der Waals surface area contributed by atoms with Gasteiger partial charge in [0.15, 0.2) is 0 Å². The molecule has 2 N–H and O–H groups in total. The van der Waals surface area contributed by atoms with E-state index in [0.29, 0.717) is 10.6 Å². The molecule has 0 aliphatic carbocycles. The summed E-state index contributed by atoms with van der Waals surface area (Å²) in [5, 5.41) is 12.5. The number of aromatic nitrogens is 1. The molecule has 1 amide bonds. The van der Waals surface area contributed by atoms with Crippen LogP contribution in [0.5, 0.6) is 0 Å². The minimum Gasteiger partial charge on any atom is -0.478 e. The third-order valence-corrected chi connectivity index (χ3v) is 3.36. The molecule has 0 atom stereocenters. The molecule has 1 aromatic heterocycles. The minimum atomic E-state index is -1.02. The van der Waals surface area contributed by atoms with Gasteiger partial charge in [-0.15, -0.1) is 0 Å². The normalized spacial score (nSPS) is 11.2. The molecule has 1 aromatic rings. The third kappa shape index (κ3) is 4.85. The molecule has 0 unspecified atom stereocenters. The average molecular weight is 296 g/mol. The van der Waals surface area contributed by atoms with E-state index in [1.807, 2.05) is 20.8 Å². The first-order chi connectivity index (χ1) is 9.10. The van der Waals surface area contributed by atoms with Crippen molar-refractivity contribution in [1.29, 1.82) is 0 Å². The van der Waals surface area contributed by atoms with Crippen LogP contribution in [-0.4, -0.2) is 33.3 Å². The molecule has 0 saturated carbocycles. The number of pyridine rings is 1. The lowest BCUT2D eigenvalue weighted by molar-refractivity contribution is -0.119. The Morgan fingerprint density at radius 1 is 1.35 bits per heavy atom. The molecule has 0 fully saturated rings. The number of carbonyl (C=O) groups excluding carboxylic acids is 1. The Morgan fingerprint density at radius 3 is 2.45 bits per heavy atom. The Balaban J connectivity index is 2.88. The Hall–Kier alpha value is -1.56. The highest BCUT2D eigenvalue weighted by atomic mass is 32.2. The van der Waals surface area contributed by atoms with Crippen LogP contribution in [0.4, 0.5) is 0 Å². The van der Waals surface area contributed by atoms with Crippen molar-refractivity contribution in [2.75, 3.05) is 5.75 Å². The van der Waals surface area contributed by atoms with Gasteiger partial charge < -0.3 is 10.4 Å². The first-order valence-electron chi connectivity index (χ1n) is 6.25. The van der Waals surface area contributed by atoms with Crippen LogP contribution in [0.1, 0.15) is 42.4 Å². The largest absolute Gasteiger partial charge is 0.478 e. The van der Waals surface area contributed by atoms with E-state index in [1.54, 1.807) is 19.9 Å². The van der Waals surface area contributed by atoms with E-state index in [2.05, 4.69) is 10.3 Å². The van der Waals surface area contributed by atoms with Crippen LogP contribution in [0.15, 0.2) is 11.1 Å². The second-order valence-electron chi connectivity index (χ2n) is 5.65. The maximum absolute atomic E-state index is 11.8. The number of carbonyl (C=O) groups is 2. The van der Waals surface area contributed by atoms with Gasteiger partial charge in [-0.25, -0.2) is 9.78 Å². The van der Waals surface area contributed by atoms with E-state index in [0.717, 1.165) is 17.5 Å². The number of nitrogens with zero attached hydrogens (tertiary/aromatic N) is 1. The number of aryl methyl sites for hydroxylation is 2. The lowest BCUT2D eigenvalue weighted by atomic mass is 10.1. The van der Waals surface area contributed by atoms with Crippen LogP contribution in [0.2, 0.25) is 0 Å². The summed E-state index contributed by atoms with van der Waals surface area (Å²) in [6.45, 7) is 9.23. The van der Waals surface area contributed by atoms with Gasteiger partial charge >= 0.3 is 5.97 Å². The second-order valence-corrected chi connectivity index (χ2v) is 6.62. The zero-order valence-electron chi connectivity index (χ0n) is 12.4. The van der Waals surface area contributed by atoms with Crippen LogP contribution in [0, 0.1) is 13.8 Å². The van der Waals surface area contributed by atoms with Crippen molar-refractivity contribution in [3.8, 4) is 0 Å². The summed E-state index contributed by atoms with van der Waals surface area (Å²) < 4.78 is 0. The van der Waals surface area contributed by atoms with E-state index in [4.69, 9.17) is 0 Å². The summed E-state index contributed by atoms with van der Waals surface area (Å²) in [4.78, 5) is 27.3. The lowest BCUT2D eigenvalue weighted by Crippen LogP contribution is -2.41. The standard InChI is InChI=1S/C14H20N2O3S/c1-8-6-9(2)15-12(11(8)13(18)19)20-7-10(17)16-14(3,4)5/h6H,7H2,1-5H3,(H,16,17)(H,18,19). The number of nitrogens with one attached hydrogen (secondary N) is 1. The van der Waals surface area contributed by atoms with Gasteiger partial charge in [0, 0.05) is 11.2 Å². The van der Waals surface area contributed by atoms with Gasteiger partial charge in [-0.1, -0.05) is 11.8 Å². The van der Waals surface area contributed by atoms with Gasteiger partial charge in [0.1, 0.15) is 5.03 Å². The molecule has 1 rings (SSSR count). The molecule has 1 heterocycles. The van der Waals surface area contributed by atoms with Crippen molar-refractivity contribution in [1.82, 2.24) is 10.3 Å². The fraction of sp³-hybridized carbons (Fsp3) is 0.500. The SMILES string of the molecule is Cc1cc(C)c(C(=O)O)c(SCC(=O)NC(C)(C)C)n1. The highest BCUT2D eigenvalue weighted by Crippen LogP contribution is 2.24. The number of thioether (sulfide) groups is 1. The fourth-order valence-corrected chi connectivity index (χ4v) is 2.70. The van der Waals surface area contributed by atoms with Crippen LogP contribution >= 0.6 is 11.8 Å². The van der Waals surface area contributed by atoms with Crippen molar-refractivity contribution in [3.05, 3.63) is 22.9 Å². The number of hydrogen-bond donors (Lipinski definition) is 2. The van der Waals surface area contributed by atoms with Crippen molar-refractivity contribution < 1.29 is 14.7 Å². The van der Waals surface area contributed by atoms with Gasteiger partial charge in [0.2, 0.25) is 5.91 Å². The molecule has 5 nitrogen and oxygen atoms in total. The summed E-state index contributed by atoms with van der Waals surface area (Å²) in [6.07, 6.45) is 0. The molecule has 20 heavy (non-hydrogen) atoms. The fourth-order valence-electron chi connectivity index (χ4n) is 1.76. The van der Waals surface area contributed by atoms with E-state index in [9.17, 15) is 14.7 Å². The first kappa shape index (κ1) is 16.5. The van der Waals surface area contributed by atoms with Gasteiger partial charge in [0.25, 0.3) is 0 Å². The number of carboxylic acid groups (broad SMARTS) is 1. The zero-order valence-corrected chi connectivity index (χ0v) is 13.2. The van der Waals surface area contributed by atoms with E-state index < -0.39 is 5.97 Å². The second kappa shape index (κ2) is 6.26. The quantitative estimate of drug-likeness (QED) is 0.834. The molecule has 6 heteroatoms. The molecule has 0 aliphatic heterocycles. The van der Waals surface area contributed by atoms with Crippen LogP contribution in [-0.2, 0) is 4.79 Å². The van der Waals surface area contributed by atoms with E-state index in [1.165, 1.54) is 0 Å². The van der Waals surface area contributed by atoms with Gasteiger partial charge in [-0.05, 0) is 46.2 Å². The van der Waals surface area contributed by atoms with Crippen molar-refractivity contribution in [2.45, 2.75) is 45.2 Å². The molecule has 0 aliphatic rings. The number of amides is 1. The number of carboxylic acids is 1. The number of hydrogen-bond acceptors (Lipinski definition) is 4. The minimum absolute atomic E-state index is 0.139. The summed E-state index contributed by atoms with van der Waals surface area (Å²) in [7, 11) is 0. The predicted octanol–water partition coefficient (Wildman–Crippen LogP) is 2.40. The van der Waals surface area contributed by atoms with Crippen molar-refractivity contribution in [3.63, 3.8) is 0 Å². The summed E-state index contributed by atoms with van der Waals surface area (Å²) in [5.41, 5.74) is 1.27. The van der Waals surface area contributed by atoms with Crippen LogP contribution in [0.3, 0.4) is 0 Å². The topological polar surface area (TPSA) is 79.3 Å². The molecule has 0 saturated heterocycles. The number of rotatable bonds is 4. The molecular weight excluding hydrogens is 276 g/mol. The molecule has 0 spiro atoms.